The maximum atomic E-state index is 5.72. The van der Waals surface area contributed by atoms with Gasteiger partial charge in [0.2, 0.25) is 0 Å². The van der Waals surface area contributed by atoms with Crippen LogP contribution in [0.15, 0.2) is 52.1 Å². The van der Waals surface area contributed by atoms with E-state index in [-0.39, 0.29) is 0 Å². The van der Waals surface area contributed by atoms with Crippen LogP contribution < -0.4 is 5.32 Å². The van der Waals surface area contributed by atoms with Crippen molar-refractivity contribution in [3.63, 3.8) is 0 Å². The summed E-state index contributed by atoms with van der Waals surface area (Å²) in [6.07, 6.45) is 2.85. The van der Waals surface area contributed by atoms with Crippen LogP contribution >= 0.6 is 0 Å². The molecule has 0 saturated carbocycles. The summed E-state index contributed by atoms with van der Waals surface area (Å²) in [4.78, 5) is 9.11. The van der Waals surface area contributed by atoms with Crippen molar-refractivity contribution in [2.24, 2.45) is 10.9 Å². The molecule has 1 N–H and O–H groups in total. The maximum Gasteiger partial charge on any atom is 0.193 e. The van der Waals surface area contributed by atoms with Gasteiger partial charge in [0.05, 0.1) is 32.6 Å². The quantitative estimate of drug-likeness (QED) is 0.337. The zero-order valence-electron chi connectivity index (χ0n) is 19.0. The number of nitrogens with zero attached hydrogens (tertiary/aromatic N) is 3. The molecular formula is C24H36N4O3. The Kier molecular flexibility index (Phi) is 9.39. The summed E-state index contributed by atoms with van der Waals surface area (Å²) in [6.45, 7) is 6.47. The molecule has 1 aromatic heterocycles. The molecule has 2 heterocycles. The van der Waals surface area contributed by atoms with Gasteiger partial charge in [0.1, 0.15) is 5.76 Å². The van der Waals surface area contributed by atoms with E-state index >= 15 is 0 Å². The fourth-order valence-corrected chi connectivity index (χ4v) is 3.96. The minimum atomic E-state index is 0.540. The van der Waals surface area contributed by atoms with Crippen molar-refractivity contribution in [1.82, 2.24) is 15.1 Å². The van der Waals surface area contributed by atoms with Crippen LogP contribution in [0.1, 0.15) is 23.3 Å². The molecule has 7 heteroatoms. The van der Waals surface area contributed by atoms with Crippen LogP contribution in [0.5, 0.6) is 0 Å². The molecule has 7 nitrogen and oxygen atoms in total. The number of ether oxygens (including phenoxy) is 2. The highest BCUT2D eigenvalue weighted by Crippen LogP contribution is 2.18. The smallest absolute Gasteiger partial charge is 0.193 e. The molecule has 3 rings (SSSR count). The van der Waals surface area contributed by atoms with E-state index in [4.69, 9.17) is 13.9 Å². The van der Waals surface area contributed by atoms with Crippen LogP contribution in [0.25, 0.3) is 0 Å². The number of hydrogen-bond donors (Lipinski definition) is 1. The Morgan fingerprint density at radius 3 is 2.77 bits per heavy atom. The van der Waals surface area contributed by atoms with E-state index in [9.17, 15) is 0 Å². The van der Waals surface area contributed by atoms with Gasteiger partial charge in [0.25, 0.3) is 0 Å². The van der Waals surface area contributed by atoms with Crippen LogP contribution in [0.3, 0.4) is 0 Å². The minimum absolute atomic E-state index is 0.540. The van der Waals surface area contributed by atoms with Crippen LogP contribution in [-0.4, -0.2) is 69.9 Å². The molecule has 0 amide bonds. The van der Waals surface area contributed by atoms with Crippen molar-refractivity contribution in [3.05, 3.63) is 59.5 Å². The van der Waals surface area contributed by atoms with Gasteiger partial charge in [-0.25, -0.2) is 0 Å². The Balaban J connectivity index is 1.49. The second-order valence-corrected chi connectivity index (χ2v) is 8.09. The van der Waals surface area contributed by atoms with E-state index < -0.39 is 0 Å². The summed E-state index contributed by atoms with van der Waals surface area (Å²) in [7, 11) is 5.67. The molecule has 0 spiro atoms. The van der Waals surface area contributed by atoms with Gasteiger partial charge in [-0.3, -0.25) is 9.89 Å². The molecule has 1 fully saturated rings. The average Bonchev–Trinajstić information content (AvgIpc) is 3.45. The van der Waals surface area contributed by atoms with E-state index in [1.807, 2.05) is 19.2 Å². The van der Waals surface area contributed by atoms with Crippen molar-refractivity contribution in [2.45, 2.75) is 26.1 Å². The molecule has 170 valence electrons. The SMILES string of the molecule is CN=C(NCc1ccccc1CN(C)Cc1ccco1)N1CCC(COCCOC)C1. The molecule has 1 aromatic carbocycles. The fraction of sp³-hybridized carbons (Fsp3) is 0.542. The normalized spacial score (nSPS) is 17.0. The molecule has 1 atom stereocenters. The van der Waals surface area contributed by atoms with Crippen LogP contribution in [-0.2, 0) is 29.1 Å². The maximum absolute atomic E-state index is 5.72. The number of furan rings is 1. The van der Waals surface area contributed by atoms with E-state index in [0.29, 0.717) is 19.1 Å². The lowest BCUT2D eigenvalue weighted by Crippen LogP contribution is -2.40. The van der Waals surface area contributed by atoms with Gasteiger partial charge < -0.3 is 24.1 Å². The second-order valence-electron chi connectivity index (χ2n) is 8.09. The number of nitrogens with one attached hydrogen (secondary N) is 1. The van der Waals surface area contributed by atoms with Crippen molar-refractivity contribution in [2.75, 3.05) is 54.1 Å². The Hall–Kier alpha value is -2.35. The number of rotatable bonds is 11. The molecule has 31 heavy (non-hydrogen) atoms. The highest BCUT2D eigenvalue weighted by Gasteiger charge is 2.25. The first-order valence-electron chi connectivity index (χ1n) is 11.0. The molecule has 0 bridgehead atoms. The monoisotopic (exact) mass is 428 g/mol. The van der Waals surface area contributed by atoms with Crippen molar-refractivity contribution < 1.29 is 13.9 Å². The molecular weight excluding hydrogens is 392 g/mol. The van der Waals surface area contributed by atoms with E-state index in [1.54, 1.807) is 13.4 Å². The summed E-state index contributed by atoms with van der Waals surface area (Å²) in [5, 5.41) is 3.56. The molecule has 1 unspecified atom stereocenters. The van der Waals surface area contributed by atoms with Gasteiger partial charge >= 0.3 is 0 Å². The number of guanidine groups is 1. The number of hydrogen-bond acceptors (Lipinski definition) is 5. The predicted molar refractivity (Wildman–Crippen MR) is 123 cm³/mol. The third kappa shape index (κ3) is 7.38. The van der Waals surface area contributed by atoms with Gasteiger partial charge in [0, 0.05) is 46.3 Å². The number of methoxy groups -OCH3 is 1. The third-order valence-corrected chi connectivity index (χ3v) is 5.58. The third-order valence-electron chi connectivity index (χ3n) is 5.58. The van der Waals surface area contributed by atoms with Gasteiger partial charge in [-0.15, -0.1) is 0 Å². The van der Waals surface area contributed by atoms with E-state index in [0.717, 1.165) is 57.5 Å². The van der Waals surface area contributed by atoms with Gasteiger partial charge in [-0.2, -0.15) is 0 Å². The lowest BCUT2D eigenvalue weighted by Gasteiger charge is -2.23. The van der Waals surface area contributed by atoms with Crippen molar-refractivity contribution in [1.29, 1.82) is 0 Å². The Labute approximate surface area is 186 Å². The lowest BCUT2D eigenvalue weighted by atomic mass is 10.1. The second kappa shape index (κ2) is 12.5. The zero-order valence-corrected chi connectivity index (χ0v) is 19.0. The largest absolute Gasteiger partial charge is 0.468 e. The molecule has 2 aromatic rings. The van der Waals surface area contributed by atoms with E-state index in [1.165, 1.54) is 11.1 Å². The fourth-order valence-electron chi connectivity index (χ4n) is 3.96. The highest BCUT2D eigenvalue weighted by atomic mass is 16.5. The topological polar surface area (TPSA) is 62.5 Å². The first-order valence-corrected chi connectivity index (χ1v) is 11.0. The number of aliphatic imine (C=N–C) groups is 1. The van der Waals surface area contributed by atoms with Crippen molar-refractivity contribution >= 4 is 5.96 Å². The molecule has 1 saturated heterocycles. The van der Waals surface area contributed by atoms with Crippen LogP contribution in [0.2, 0.25) is 0 Å². The predicted octanol–water partition coefficient (Wildman–Crippen LogP) is 2.97. The number of likely N-dealkylation sites (tertiary alicyclic amines) is 1. The summed E-state index contributed by atoms with van der Waals surface area (Å²) >= 11 is 0. The highest BCUT2D eigenvalue weighted by molar-refractivity contribution is 5.80. The van der Waals surface area contributed by atoms with Crippen LogP contribution in [0, 0.1) is 5.92 Å². The van der Waals surface area contributed by atoms with Crippen LogP contribution in [0.4, 0.5) is 0 Å². The molecule has 1 aliphatic heterocycles. The average molecular weight is 429 g/mol. The summed E-state index contributed by atoms with van der Waals surface area (Å²) < 4.78 is 16.2. The first-order chi connectivity index (χ1) is 15.2. The first kappa shape index (κ1) is 23.3. The number of benzene rings is 1. The summed E-state index contributed by atoms with van der Waals surface area (Å²) in [5.41, 5.74) is 2.60. The minimum Gasteiger partial charge on any atom is -0.468 e. The van der Waals surface area contributed by atoms with Crippen molar-refractivity contribution in [3.8, 4) is 0 Å². The lowest BCUT2D eigenvalue weighted by molar-refractivity contribution is 0.0536. The summed E-state index contributed by atoms with van der Waals surface area (Å²) in [6, 6.07) is 12.5. The molecule has 0 radical (unpaired) electrons. The van der Waals surface area contributed by atoms with E-state index in [2.05, 4.69) is 51.4 Å². The molecule has 1 aliphatic rings. The van der Waals surface area contributed by atoms with Gasteiger partial charge in [-0.05, 0) is 36.7 Å². The standard InChI is InChI=1S/C24H36N4O3/c1-25-24(28-11-10-20(16-28)19-30-14-13-29-3)26-15-21-7-4-5-8-22(21)17-27(2)18-23-9-6-12-31-23/h4-9,12,20H,10-11,13-19H2,1-3H3,(H,25,26). The zero-order chi connectivity index (χ0) is 21.9. The molecule has 0 aliphatic carbocycles. The Morgan fingerprint density at radius 2 is 2.03 bits per heavy atom. The summed E-state index contributed by atoms with van der Waals surface area (Å²) in [5.74, 6) is 2.48. The van der Waals surface area contributed by atoms with Gasteiger partial charge in [-0.1, -0.05) is 24.3 Å². The Bertz CT molecular complexity index is 794. The van der Waals surface area contributed by atoms with Gasteiger partial charge in [0.15, 0.2) is 5.96 Å². The Morgan fingerprint density at radius 1 is 1.19 bits per heavy atom.